The minimum atomic E-state index is -0.135. The quantitative estimate of drug-likeness (QED) is 0.832. The molecular weight excluding hydrogens is 340 g/mol. The van der Waals surface area contributed by atoms with Crippen LogP contribution in [0.5, 0.6) is 0 Å². The Morgan fingerprint density at radius 1 is 1.23 bits per heavy atom. The Bertz CT molecular complexity index is 809. The standard InChI is InChI=1S/C18H17BrN2O/c1-4-12-8-13(19)9-14-16(12)21-18(22)17(14)20-15-7-5-6-10(2)11(15)3/h5-9H,4H2,1-3H3,(H,20,21,22). The van der Waals surface area contributed by atoms with Crippen molar-refractivity contribution in [3.05, 3.63) is 57.1 Å². The SMILES string of the molecule is CCc1cc(Br)cc2c1NC(=O)C2=Nc1cccc(C)c1C. The lowest BCUT2D eigenvalue weighted by atomic mass is 10.0. The molecule has 4 heteroatoms. The molecule has 0 unspecified atom stereocenters. The van der Waals surface area contributed by atoms with Crippen molar-refractivity contribution in [2.24, 2.45) is 4.99 Å². The van der Waals surface area contributed by atoms with Crippen molar-refractivity contribution in [3.63, 3.8) is 0 Å². The van der Waals surface area contributed by atoms with E-state index in [4.69, 9.17) is 0 Å². The fourth-order valence-corrected chi connectivity index (χ4v) is 3.16. The second kappa shape index (κ2) is 5.69. The van der Waals surface area contributed by atoms with Gasteiger partial charge in [0.25, 0.3) is 5.91 Å². The van der Waals surface area contributed by atoms with Crippen LogP contribution in [-0.4, -0.2) is 11.6 Å². The van der Waals surface area contributed by atoms with Gasteiger partial charge in [0, 0.05) is 10.0 Å². The van der Waals surface area contributed by atoms with Gasteiger partial charge in [-0.1, -0.05) is 35.0 Å². The number of carbonyl (C=O) groups is 1. The third-order valence-corrected chi connectivity index (χ3v) is 4.54. The number of carbonyl (C=O) groups excluding carboxylic acids is 1. The molecule has 1 aliphatic rings. The van der Waals surface area contributed by atoms with Gasteiger partial charge in [-0.3, -0.25) is 4.79 Å². The molecule has 0 fully saturated rings. The predicted molar refractivity (Wildman–Crippen MR) is 94.3 cm³/mol. The summed E-state index contributed by atoms with van der Waals surface area (Å²) in [5, 5.41) is 2.96. The van der Waals surface area contributed by atoms with Crippen LogP contribution in [-0.2, 0) is 11.2 Å². The van der Waals surface area contributed by atoms with Gasteiger partial charge in [-0.05, 0) is 55.2 Å². The van der Waals surface area contributed by atoms with Gasteiger partial charge < -0.3 is 5.32 Å². The van der Waals surface area contributed by atoms with E-state index in [0.29, 0.717) is 5.71 Å². The molecule has 1 N–H and O–H groups in total. The molecule has 1 amide bonds. The van der Waals surface area contributed by atoms with E-state index in [0.717, 1.165) is 39.0 Å². The Balaban J connectivity index is 2.18. The summed E-state index contributed by atoms with van der Waals surface area (Å²) in [6.45, 7) is 6.16. The Hall–Kier alpha value is -1.94. The maximum Gasteiger partial charge on any atom is 0.275 e. The van der Waals surface area contributed by atoms with Crippen molar-refractivity contribution < 1.29 is 4.79 Å². The molecule has 22 heavy (non-hydrogen) atoms. The van der Waals surface area contributed by atoms with Crippen LogP contribution in [0.15, 0.2) is 39.8 Å². The second-order valence-electron chi connectivity index (χ2n) is 5.47. The number of rotatable bonds is 2. The van der Waals surface area contributed by atoms with Crippen LogP contribution in [0.2, 0.25) is 0 Å². The molecule has 3 nitrogen and oxygen atoms in total. The molecule has 2 aromatic carbocycles. The third-order valence-electron chi connectivity index (χ3n) is 4.08. The molecule has 0 atom stereocenters. The summed E-state index contributed by atoms with van der Waals surface area (Å²) in [5.41, 5.74) is 6.47. The zero-order valence-electron chi connectivity index (χ0n) is 12.8. The fraction of sp³-hybridized carbons (Fsp3) is 0.222. The molecule has 0 radical (unpaired) electrons. The summed E-state index contributed by atoms with van der Waals surface area (Å²) in [6.07, 6.45) is 0.860. The number of hydrogen-bond donors (Lipinski definition) is 1. The van der Waals surface area contributed by atoms with Crippen LogP contribution >= 0.6 is 15.9 Å². The highest BCUT2D eigenvalue weighted by Gasteiger charge is 2.28. The molecule has 0 aliphatic carbocycles. The molecule has 2 aromatic rings. The number of amides is 1. The van der Waals surface area contributed by atoms with Gasteiger partial charge in [0.15, 0.2) is 0 Å². The van der Waals surface area contributed by atoms with E-state index in [-0.39, 0.29) is 5.91 Å². The first-order valence-corrected chi connectivity index (χ1v) is 8.09. The smallest absolute Gasteiger partial charge is 0.275 e. The Kier molecular flexibility index (Phi) is 3.87. The van der Waals surface area contributed by atoms with E-state index in [9.17, 15) is 4.79 Å². The molecule has 3 rings (SSSR count). The highest BCUT2D eigenvalue weighted by Crippen LogP contribution is 2.33. The fourth-order valence-electron chi connectivity index (χ4n) is 2.66. The number of aliphatic imine (C=N–C) groups is 1. The number of aryl methyl sites for hydroxylation is 2. The van der Waals surface area contributed by atoms with Gasteiger partial charge in [-0.15, -0.1) is 0 Å². The van der Waals surface area contributed by atoms with Gasteiger partial charge in [0.2, 0.25) is 0 Å². The zero-order valence-corrected chi connectivity index (χ0v) is 14.4. The van der Waals surface area contributed by atoms with E-state index in [1.807, 2.05) is 44.2 Å². The number of benzene rings is 2. The van der Waals surface area contributed by atoms with E-state index >= 15 is 0 Å². The molecule has 0 aromatic heterocycles. The average Bonchev–Trinajstić information content (AvgIpc) is 2.79. The monoisotopic (exact) mass is 356 g/mol. The third kappa shape index (κ3) is 2.48. The number of nitrogens with one attached hydrogen (secondary N) is 1. The normalized spacial score (nSPS) is 15.1. The van der Waals surface area contributed by atoms with Gasteiger partial charge in [-0.2, -0.15) is 0 Å². The van der Waals surface area contributed by atoms with Gasteiger partial charge in [0.05, 0.1) is 11.4 Å². The van der Waals surface area contributed by atoms with Crippen molar-refractivity contribution in [2.45, 2.75) is 27.2 Å². The Labute approximate surface area is 138 Å². The number of hydrogen-bond acceptors (Lipinski definition) is 2. The number of fused-ring (bicyclic) bond motifs is 1. The topological polar surface area (TPSA) is 41.5 Å². The van der Waals surface area contributed by atoms with Crippen LogP contribution in [0.25, 0.3) is 0 Å². The maximum absolute atomic E-state index is 12.4. The predicted octanol–water partition coefficient (Wildman–Crippen LogP) is 4.70. The van der Waals surface area contributed by atoms with Crippen molar-refractivity contribution in [1.29, 1.82) is 0 Å². The summed E-state index contributed by atoms with van der Waals surface area (Å²) in [6, 6.07) is 9.96. The van der Waals surface area contributed by atoms with Crippen LogP contribution in [0.3, 0.4) is 0 Å². The highest BCUT2D eigenvalue weighted by atomic mass is 79.9. The van der Waals surface area contributed by atoms with Crippen molar-refractivity contribution in [1.82, 2.24) is 0 Å². The van der Waals surface area contributed by atoms with Crippen LogP contribution in [0, 0.1) is 13.8 Å². The molecule has 0 saturated carbocycles. The van der Waals surface area contributed by atoms with E-state index in [1.165, 1.54) is 5.56 Å². The molecule has 1 heterocycles. The number of nitrogens with zero attached hydrogens (tertiary/aromatic N) is 1. The van der Waals surface area contributed by atoms with E-state index in [2.05, 4.69) is 33.2 Å². The van der Waals surface area contributed by atoms with Gasteiger partial charge >= 0.3 is 0 Å². The number of halogens is 1. The van der Waals surface area contributed by atoms with Crippen LogP contribution in [0.1, 0.15) is 29.2 Å². The van der Waals surface area contributed by atoms with E-state index < -0.39 is 0 Å². The molecule has 0 spiro atoms. The first-order valence-electron chi connectivity index (χ1n) is 7.30. The van der Waals surface area contributed by atoms with Crippen LogP contribution < -0.4 is 5.32 Å². The largest absolute Gasteiger partial charge is 0.320 e. The minimum absolute atomic E-state index is 0.135. The second-order valence-corrected chi connectivity index (χ2v) is 6.39. The minimum Gasteiger partial charge on any atom is -0.320 e. The average molecular weight is 357 g/mol. The first kappa shape index (κ1) is 15.0. The molecule has 1 aliphatic heterocycles. The summed E-state index contributed by atoms with van der Waals surface area (Å²) in [7, 11) is 0. The van der Waals surface area contributed by atoms with Gasteiger partial charge in [0.1, 0.15) is 5.71 Å². The lowest BCUT2D eigenvalue weighted by Gasteiger charge is -2.07. The lowest BCUT2D eigenvalue weighted by molar-refractivity contribution is -0.110. The molecular formula is C18H17BrN2O. The lowest BCUT2D eigenvalue weighted by Crippen LogP contribution is -2.14. The summed E-state index contributed by atoms with van der Waals surface area (Å²) in [5.74, 6) is -0.135. The maximum atomic E-state index is 12.4. The van der Waals surface area contributed by atoms with Crippen molar-refractivity contribution in [3.8, 4) is 0 Å². The number of anilines is 1. The Morgan fingerprint density at radius 2 is 2.00 bits per heavy atom. The van der Waals surface area contributed by atoms with E-state index in [1.54, 1.807) is 0 Å². The van der Waals surface area contributed by atoms with Crippen LogP contribution in [0.4, 0.5) is 11.4 Å². The molecule has 112 valence electrons. The van der Waals surface area contributed by atoms with Crippen molar-refractivity contribution >= 4 is 38.9 Å². The summed E-state index contributed by atoms with van der Waals surface area (Å²) in [4.78, 5) is 17.0. The summed E-state index contributed by atoms with van der Waals surface area (Å²) < 4.78 is 0.966. The first-order chi connectivity index (χ1) is 10.5. The van der Waals surface area contributed by atoms with Gasteiger partial charge in [-0.25, -0.2) is 4.99 Å². The summed E-state index contributed by atoms with van der Waals surface area (Å²) >= 11 is 3.52. The Morgan fingerprint density at radius 3 is 2.73 bits per heavy atom. The zero-order chi connectivity index (χ0) is 15.9. The molecule has 0 saturated heterocycles. The van der Waals surface area contributed by atoms with Crippen molar-refractivity contribution in [2.75, 3.05) is 5.32 Å². The highest BCUT2D eigenvalue weighted by molar-refractivity contribution is 9.10. The molecule has 0 bridgehead atoms.